The lowest BCUT2D eigenvalue weighted by atomic mass is 9.86. The number of carboxylic acids is 1. The second-order valence-corrected chi connectivity index (χ2v) is 10.1. The molecular weight excluding hydrogens is 418 g/mol. The summed E-state index contributed by atoms with van der Waals surface area (Å²) in [6, 6.07) is 1.52. The van der Waals surface area contributed by atoms with Crippen molar-refractivity contribution in [2.75, 3.05) is 6.54 Å². The summed E-state index contributed by atoms with van der Waals surface area (Å²) in [5.74, 6) is -1.14. The van der Waals surface area contributed by atoms with Crippen molar-refractivity contribution >= 4 is 11.9 Å². The van der Waals surface area contributed by atoms with E-state index in [0.29, 0.717) is 24.3 Å². The maximum Gasteiger partial charge on any atom is 0.308 e. The Labute approximate surface area is 196 Å². The lowest BCUT2D eigenvalue weighted by Crippen LogP contribution is -2.36. The van der Waals surface area contributed by atoms with Crippen LogP contribution in [-0.2, 0) is 17.8 Å². The molecule has 2 N–H and O–H groups in total. The molecule has 0 spiro atoms. The van der Waals surface area contributed by atoms with E-state index in [9.17, 15) is 19.8 Å². The number of phenolic OH excluding ortho intramolecular Hbond substituents is 1. The van der Waals surface area contributed by atoms with E-state index in [1.54, 1.807) is 6.92 Å². The number of benzene rings is 1. The van der Waals surface area contributed by atoms with Gasteiger partial charge in [-0.05, 0) is 72.3 Å². The van der Waals surface area contributed by atoms with Crippen LogP contribution >= 0.6 is 0 Å². The van der Waals surface area contributed by atoms with Gasteiger partial charge in [-0.15, -0.1) is 0 Å². The molecule has 1 amide bonds. The topological polar surface area (TPSA) is 87.1 Å². The molecule has 0 radical (unpaired) electrons. The van der Waals surface area contributed by atoms with Gasteiger partial charge >= 0.3 is 5.97 Å². The third-order valence-electron chi connectivity index (χ3n) is 6.76. The highest BCUT2D eigenvalue weighted by atomic mass is 16.5. The van der Waals surface area contributed by atoms with Gasteiger partial charge in [-0.3, -0.25) is 9.59 Å². The number of rotatable bonds is 9. The van der Waals surface area contributed by atoms with Crippen LogP contribution < -0.4 is 4.74 Å². The standard InChI is InChI=1S/C27H37NO5/c1-17(2)8-6-9-18(3)10-7-12-27(5)13-11-20-23(29)14-21-22(24(20)33-27)16-28(25(21)30)15-19(4)26(31)32/h8,10,14,19,29H,6-7,9,11-13,15-16H2,1-5H3,(H,31,32)/b18-10+/t19?,27-/m1/s1. The average molecular weight is 456 g/mol. The molecule has 33 heavy (non-hydrogen) atoms. The first kappa shape index (κ1) is 24.9. The Kier molecular flexibility index (Phi) is 7.55. The number of carbonyl (C=O) groups is 2. The number of aliphatic carboxylic acids is 1. The van der Waals surface area contributed by atoms with Gasteiger partial charge in [-0.1, -0.05) is 30.2 Å². The Morgan fingerprint density at radius 3 is 2.64 bits per heavy atom. The van der Waals surface area contributed by atoms with Gasteiger partial charge in [0.2, 0.25) is 0 Å². The highest BCUT2D eigenvalue weighted by Crippen LogP contribution is 2.46. The van der Waals surface area contributed by atoms with Crippen molar-refractivity contribution < 1.29 is 24.5 Å². The molecule has 2 aliphatic heterocycles. The van der Waals surface area contributed by atoms with Gasteiger partial charge in [0.1, 0.15) is 17.1 Å². The number of amides is 1. The summed E-state index contributed by atoms with van der Waals surface area (Å²) < 4.78 is 6.49. The van der Waals surface area contributed by atoms with Crippen LogP contribution in [0, 0.1) is 5.92 Å². The zero-order valence-electron chi connectivity index (χ0n) is 20.5. The van der Waals surface area contributed by atoms with Crippen molar-refractivity contribution in [2.45, 2.75) is 85.3 Å². The maximum atomic E-state index is 12.9. The number of hydrogen-bond acceptors (Lipinski definition) is 4. The van der Waals surface area contributed by atoms with E-state index in [0.717, 1.165) is 43.2 Å². The summed E-state index contributed by atoms with van der Waals surface area (Å²) in [5.41, 5.74) is 4.28. The Bertz CT molecular complexity index is 989. The minimum atomic E-state index is -0.934. The average Bonchev–Trinajstić information content (AvgIpc) is 3.03. The molecule has 0 saturated carbocycles. The predicted molar refractivity (Wildman–Crippen MR) is 129 cm³/mol. The first-order chi connectivity index (χ1) is 15.5. The minimum Gasteiger partial charge on any atom is -0.508 e. The molecule has 0 fully saturated rings. The summed E-state index contributed by atoms with van der Waals surface area (Å²) in [5, 5.41) is 19.8. The predicted octanol–water partition coefficient (Wildman–Crippen LogP) is 5.63. The van der Waals surface area contributed by atoms with Gasteiger partial charge in [0, 0.05) is 17.7 Å². The van der Waals surface area contributed by atoms with Gasteiger partial charge in [0.25, 0.3) is 5.91 Å². The molecule has 3 rings (SSSR count). The molecule has 2 heterocycles. The summed E-state index contributed by atoms with van der Waals surface area (Å²) in [6.45, 7) is 10.5. The molecular formula is C27H37NO5. The van der Waals surface area contributed by atoms with Gasteiger partial charge < -0.3 is 19.8 Å². The lowest BCUT2D eigenvalue weighted by Gasteiger charge is -2.37. The van der Waals surface area contributed by atoms with Crippen LogP contribution in [0.15, 0.2) is 29.4 Å². The molecule has 6 heteroatoms. The van der Waals surface area contributed by atoms with Crippen LogP contribution in [0.25, 0.3) is 0 Å². The van der Waals surface area contributed by atoms with E-state index >= 15 is 0 Å². The van der Waals surface area contributed by atoms with E-state index in [4.69, 9.17) is 4.74 Å². The number of hydrogen-bond donors (Lipinski definition) is 2. The van der Waals surface area contributed by atoms with Crippen molar-refractivity contribution in [2.24, 2.45) is 5.92 Å². The molecule has 1 unspecified atom stereocenters. The summed E-state index contributed by atoms with van der Waals surface area (Å²) in [6.07, 6.45) is 9.91. The molecule has 1 aromatic carbocycles. The minimum absolute atomic E-state index is 0.0855. The number of fused-ring (bicyclic) bond motifs is 3. The van der Waals surface area contributed by atoms with E-state index in [2.05, 4.69) is 39.8 Å². The first-order valence-electron chi connectivity index (χ1n) is 11.9. The molecule has 1 aromatic rings. The van der Waals surface area contributed by atoms with Crippen LogP contribution in [0.4, 0.5) is 0 Å². The molecule has 2 atom stereocenters. The van der Waals surface area contributed by atoms with Crippen LogP contribution in [0.2, 0.25) is 0 Å². The van der Waals surface area contributed by atoms with Crippen molar-refractivity contribution in [3.8, 4) is 11.5 Å². The smallest absolute Gasteiger partial charge is 0.308 e. The summed E-state index contributed by atoms with van der Waals surface area (Å²) in [7, 11) is 0. The van der Waals surface area contributed by atoms with Gasteiger partial charge in [0.15, 0.2) is 0 Å². The summed E-state index contributed by atoms with van der Waals surface area (Å²) in [4.78, 5) is 25.7. The second-order valence-electron chi connectivity index (χ2n) is 10.1. The summed E-state index contributed by atoms with van der Waals surface area (Å²) >= 11 is 0. The fourth-order valence-electron chi connectivity index (χ4n) is 4.61. The quantitative estimate of drug-likeness (QED) is 0.472. The number of ether oxygens (including phenoxy) is 1. The number of allylic oxidation sites excluding steroid dienone is 4. The van der Waals surface area contributed by atoms with Crippen LogP contribution in [0.3, 0.4) is 0 Å². The second kappa shape index (κ2) is 10.0. The Hall–Kier alpha value is -2.76. The number of aromatic hydroxyl groups is 1. The van der Waals surface area contributed by atoms with Crippen molar-refractivity contribution in [3.63, 3.8) is 0 Å². The Balaban J connectivity index is 1.73. The number of nitrogens with zero attached hydrogens (tertiary/aromatic N) is 1. The largest absolute Gasteiger partial charge is 0.508 e. The SMILES string of the molecule is CC(C)=CCC/C(C)=C/CC[C@]1(C)CCc2c(O)cc3c(c2O1)CN(CC(C)C(=O)O)C3=O. The van der Waals surface area contributed by atoms with Crippen LogP contribution in [0.1, 0.15) is 88.2 Å². The first-order valence-corrected chi connectivity index (χ1v) is 11.9. The molecule has 180 valence electrons. The van der Waals surface area contributed by atoms with Crippen molar-refractivity contribution in [1.29, 1.82) is 0 Å². The van der Waals surface area contributed by atoms with Crippen molar-refractivity contribution in [3.05, 3.63) is 46.1 Å². The Morgan fingerprint density at radius 2 is 1.97 bits per heavy atom. The molecule has 0 saturated heterocycles. The molecule has 0 aliphatic carbocycles. The Morgan fingerprint density at radius 1 is 1.24 bits per heavy atom. The monoisotopic (exact) mass is 455 g/mol. The number of carbonyl (C=O) groups excluding carboxylic acids is 1. The zero-order chi connectivity index (χ0) is 24.3. The third kappa shape index (κ3) is 5.79. The fraction of sp³-hybridized carbons (Fsp3) is 0.556. The van der Waals surface area contributed by atoms with E-state index in [1.807, 2.05) is 0 Å². The third-order valence-corrected chi connectivity index (χ3v) is 6.76. The highest BCUT2D eigenvalue weighted by molar-refractivity contribution is 6.00. The number of phenols is 1. The number of carboxylic acid groups (broad SMARTS) is 1. The van der Waals surface area contributed by atoms with Gasteiger partial charge in [-0.2, -0.15) is 0 Å². The van der Waals surface area contributed by atoms with Crippen LogP contribution in [0.5, 0.6) is 11.5 Å². The van der Waals surface area contributed by atoms with Crippen molar-refractivity contribution in [1.82, 2.24) is 4.90 Å². The molecule has 0 bridgehead atoms. The van der Waals surface area contributed by atoms with E-state index in [1.165, 1.54) is 22.1 Å². The van der Waals surface area contributed by atoms with Gasteiger partial charge in [-0.25, -0.2) is 0 Å². The fourth-order valence-corrected chi connectivity index (χ4v) is 4.61. The van der Waals surface area contributed by atoms with E-state index in [-0.39, 0.29) is 23.8 Å². The highest BCUT2D eigenvalue weighted by Gasteiger charge is 2.39. The molecule has 2 aliphatic rings. The molecule has 0 aromatic heterocycles. The van der Waals surface area contributed by atoms with Crippen LogP contribution in [-0.4, -0.2) is 39.1 Å². The maximum absolute atomic E-state index is 12.9. The zero-order valence-corrected chi connectivity index (χ0v) is 20.5. The normalized spacial score (nSPS) is 20.7. The lowest BCUT2D eigenvalue weighted by molar-refractivity contribution is -0.141. The molecule has 6 nitrogen and oxygen atoms in total. The van der Waals surface area contributed by atoms with Gasteiger partial charge in [0.05, 0.1) is 18.0 Å². The van der Waals surface area contributed by atoms with E-state index < -0.39 is 11.9 Å².